The lowest BCUT2D eigenvalue weighted by Crippen LogP contribution is -2.45. The van der Waals surface area contributed by atoms with E-state index in [0.717, 1.165) is 21.7 Å². The molecule has 0 aromatic heterocycles. The van der Waals surface area contributed by atoms with Crippen molar-refractivity contribution >= 4 is 27.3 Å². The van der Waals surface area contributed by atoms with Gasteiger partial charge in [-0.05, 0) is 50.1 Å². The SMILES string of the molecule is COc1ccc(NC(=O)[C@H](C)N(c2cc(C)ccc2C)S(C)(=O)=O)c(OC)c1. The minimum Gasteiger partial charge on any atom is -0.497 e. The van der Waals surface area contributed by atoms with Crippen LogP contribution in [0.3, 0.4) is 0 Å². The van der Waals surface area contributed by atoms with Crippen molar-refractivity contribution in [2.75, 3.05) is 30.1 Å². The molecule has 0 aliphatic carbocycles. The molecule has 1 N–H and O–H groups in total. The topological polar surface area (TPSA) is 84.9 Å². The molecule has 0 unspecified atom stereocenters. The molecule has 0 aliphatic heterocycles. The standard InChI is InChI=1S/C20H26N2O5S/c1-13-7-8-14(2)18(11-13)22(28(6,24)25)15(3)20(23)21-17-10-9-16(26-4)12-19(17)27-5/h7-12,15H,1-6H3,(H,21,23)/t15-/m0/s1. The molecule has 2 aromatic rings. The van der Waals surface area contributed by atoms with Crippen molar-refractivity contribution in [2.45, 2.75) is 26.8 Å². The monoisotopic (exact) mass is 406 g/mol. The van der Waals surface area contributed by atoms with Gasteiger partial charge in [-0.3, -0.25) is 9.10 Å². The molecule has 0 saturated carbocycles. The number of nitrogens with one attached hydrogen (secondary N) is 1. The summed E-state index contributed by atoms with van der Waals surface area (Å²) in [4.78, 5) is 12.9. The number of benzene rings is 2. The Morgan fingerprint density at radius 3 is 2.32 bits per heavy atom. The maximum absolute atomic E-state index is 12.9. The number of hydrogen-bond donors (Lipinski definition) is 1. The molecule has 28 heavy (non-hydrogen) atoms. The van der Waals surface area contributed by atoms with Crippen LogP contribution in [0.4, 0.5) is 11.4 Å². The zero-order valence-electron chi connectivity index (χ0n) is 16.9. The van der Waals surface area contributed by atoms with Crippen molar-refractivity contribution in [3.05, 3.63) is 47.5 Å². The summed E-state index contributed by atoms with van der Waals surface area (Å²) >= 11 is 0. The maximum Gasteiger partial charge on any atom is 0.248 e. The van der Waals surface area contributed by atoms with Gasteiger partial charge in [-0.2, -0.15) is 0 Å². The molecule has 1 atom stereocenters. The smallest absolute Gasteiger partial charge is 0.248 e. The average Bonchev–Trinajstić information content (AvgIpc) is 2.63. The molecule has 0 spiro atoms. The van der Waals surface area contributed by atoms with E-state index >= 15 is 0 Å². The number of rotatable bonds is 7. The third kappa shape index (κ3) is 4.75. The lowest BCUT2D eigenvalue weighted by atomic mass is 10.1. The first-order chi connectivity index (χ1) is 13.1. The molecule has 7 nitrogen and oxygen atoms in total. The van der Waals surface area contributed by atoms with Gasteiger partial charge < -0.3 is 14.8 Å². The Bertz CT molecular complexity index is 973. The number of nitrogens with zero attached hydrogens (tertiary/aromatic N) is 1. The predicted molar refractivity (Wildman–Crippen MR) is 111 cm³/mol. The number of carbonyl (C=O) groups is 1. The van der Waals surface area contributed by atoms with Crippen molar-refractivity contribution in [3.63, 3.8) is 0 Å². The minimum atomic E-state index is -3.70. The zero-order valence-corrected chi connectivity index (χ0v) is 17.8. The second-order valence-corrected chi connectivity index (χ2v) is 8.44. The molecular weight excluding hydrogens is 380 g/mol. The summed E-state index contributed by atoms with van der Waals surface area (Å²) < 4.78 is 36.6. The van der Waals surface area contributed by atoms with Crippen LogP contribution in [-0.2, 0) is 14.8 Å². The fourth-order valence-electron chi connectivity index (χ4n) is 2.88. The second-order valence-electron chi connectivity index (χ2n) is 6.58. The second kappa shape index (κ2) is 8.52. The van der Waals surface area contributed by atoms with Gasteiger partial charge in [0, 0.05) is 6.07 Å². The van der Waals surface area contributed by atoms with E-state index in [2.05, 4.69) is 5.32 Å². The van der Waals surface area contributed by atoms with Crippen molar-refractivity contribution in [1.29, 1.82) is 0 Å². The number of amides is 1. The number of aryl methyl sites for hydroxylation is 2. The molecule has 0 aliphatic rings. The summed E-state index contributed by atoms with van der Waals surface area (Å²) in [5.41, 5.74) is 2.57. The van der Waals surface area contributed by atoms with Crippen LogP contribution in [-0.4, -0.2) is 40.8 Å². The summed E-state index contributed by atoms with van der Waals surface area (Å²) in [6.07, 6.45) is 1.09. The number of carbonyl (C=O) groups excluding carboxylic acids is 1. The molecule has 0 saturated heterocycles. The van der Waals surface area contributed by atoms with E-state index in [4.69, 9.17) is 9.47 Å². The van der Waals surface area contributed by atoms with Gasteiger partial charge >= 0.3 is 0 Å². The highest BCUT2D eigenvalue weighted by molar-refractivity contribution is 7.92. The first-order valence-electron chi connectivity index (χ1n) is 8.68. The van der Waals surface area contributed by atoms with Crippen LogP contribution < -0.4 is 19.1 Å². The van der Waals surface area contributed by atoms with Crippen LogP contribution in [0.15, 0.2) is 36.4 Å². The quantitative estimate of drug-likeness (QED) is 0.764. The third-order valence-corrected chi connectivity index (χ3v) is 5.58. The Morgan fingerprint density at radius 1 is 1.07 bits per heavy atom. The van der Waals surface area contributed by atoms with Gasteiger partial charge in [-0.15, -0.1) is 0 Å². The van der Waals surface area contributed by atoms with Crippen LogP contribution in [0.5, 0.6) is 11.5 Å². The normalized spacial score (nSPS) is 12.2. The summed E-state index contributed by atoms with van der Waals surface area (Å²) in [5.74, 6) is 0.517. The summed E-state index contributed by atoms with van der Waals surface area (Å²) in [6, 6.07) is 9.48. The minimum absolute atomic E-state index is 0.414. The molecule has 0 bridgehead atoms. The first kappa shape index (κ1) is 21.6. The van der Waals surface area contributed by atoms with Gasteiger partial charge in [-0.25, -0.2) is 8.42 Å². The number of sulfonamides is 1. The van der Waals surface area contributed by atoms with Crippen molar-refractivity contribution < 1.29 is 22.7 Å². The van der Waals surface area contributed by atoms with Crippen molar-refractivity contribution in [1.82, 2.24) is 0 Å². The molecule has 0 radical (unpaired) electrons. The van der Waals surface area contributed by atoms with Crippen molar-refractivity contribution in [2.24, 2.45) is 0 Å². The van der Waals surface area contributed by atoms with Crippen molar-refractivity contribution in [3.8, 4) is 11.5 Å². The summed E-state index contributed by atoms with van der Waals surface area (Å²) in [7, 11) is -0.689. The van der Waals surface area contributed by atoms with Gasteiger partial charge in [0.15, 0.2) is 0 Å². The van der Waals surface area contributed by atoms with E-state index in [-0.39, 0.29) is 0 Å². The first-order valence-corrected chi connectivity index (χ1v) is 10.5. The Morgan fingerprint density at radius 2 is 1.75 bits per heavy atom. The molecule has 2 rings (SSSR count). The van der Waals surface area contributed by atoms with Gasteiger partial charge in [0.1, 0.15) is 17.5 Å². The van der Waals surface area contributed by atoms with E-state index in [0.29, 0.717) is 22.9 Å². The molecule has 1 amide bonds. The van der Waals surface area contributed by atoms with Gasteiger partial charge in [-0.1, -0.05) is 12.1 Å². The zero-order chi connectivity index (χ0) is 21.1. The molecule has 152 valence electrons. The Labute approximate surface area is 166 Å². The maximum atomic E-state index is 12.9. The summed E-state index contributed by atoms with van der Waals surface area (Å²) in [6.45, 7) is 5.23. The Hall–Kier alpha value is -2.74. The van der Waals surface area contributed by atoms with E-state index in [1.54, 1.807) is 31.2 Å². The lowest BCUT2D eigenvalue weighted by molar-refractivity contribution is -0.116. The third-order valence-electron chi connectivity index (χ3n) is 4.36. The number of methoxy groups -OCH3 is 2. The average molecular weight is 407 g/mol. The Balaban J connectivity index is 2.39. The summed E-state index contributed by atoms with van der Waals surface area (Å²) in [5, 5.41) is 2.74. The molecule has 2 aromatic carbocycles. The molecule has 0 heterocycles. The lowest BCUT2D eigenvalue weighted by Gasteiger charge is -2.30. The molecule has 0 fully saturated rings. The number of anilines is 2. The van der Waals surface area contributed by atoms with Crippen LogP contribution in [0.25, 0.3) is 0 Å². The fourth-order valence-corrected chi connectivity index (χ4v) is 4.10. The van der Waals surface area contributed by atoms with Gasteiger partial charge in [0.2, 0.25) is 15.9 Å². The van der Waals surface area contributed by atoms with Gasteiger partial charge in [0.05, 0.1) is 31.9 Å². The van der Waals surface area contributed by atoms with Crippen LogP contribution in [0.1, 0.15) is 18.1 Å². The van der Waals surface area contributed by atoms with E-state index in [9.17, 15) is 13.2 Å². The van der Waals surface area contributed by atoms with E-state index in [1.165, 1.54) is 14.2 Å². The number of hydrogen-bond acceptors (Lipinski definition) is 5. The highest BCUT2D eigenvalue weighted by Gasteiger charge is 2.30. The highest BCUT2D eigenvalue weighted by Crippen LogP contribution is 2.30. The van der Waals surface area contributed by atoms with Crippen LogP contribution in [0.2, 0.25) is 0 Å². The largest absolute Gasteiger partial charge is 0.497 e. The highest BCUT2D eigenvalue weighted by atomic mass is 32.2. The fraction of sp³-hybridized carbons (Fsp3) is 0.350. The molecule has 8 heteroatoms. The van der Waals surface area contributed by atoms with E-state index in [1.807, 2.05) is 26.0 Å². The number of ether oxygens (including phenoxy) is 2. The molecular formula is C20H26N2O5S. The van der Waals surface area contributed by atoms with Gasteiger partial charge in [0.25, 0.3) is 0 Å². The predicted octanol–water partition coefficient (Wildman–Crippen LogP) is 3.11. The van der Waals surface area contributed by atoms with Crippen LogP contribution >= 0.6 is 0 Å². The Kier molecular flexibility index (Phi) is 6.56. The van der Waals surface area contributed by atoms with Crippen LogP contribution in [0, 0.1) is 13.8 Å². The van der Waals surface area contributed by atoms with E-state index < -0.39 is 22.0 Å².